The van der Waals surface area contributed by atoms with Crippen LogP contribution in [0.15, 0.2) is 70.1 Å². The normalized spacial score (nSPS) is 14.7. The monoisotopic (exact) mass is 674 g/mol. The second kappa shape index (κ2) is 12.6. The van der Waals surface area contributed by atoms with Crippen LogP contribution < -0.4 is 29.1 Å². The first-order valence-corrected chi connectivity index (χ1v) is 14.2. The third-order valence-corrected chi connectivity index (χ3v) is 7.66. The molecule has 4 rings (SSSR count). The number of methoxy groups -OCH3 is 1. The molecule has 40 heavy (non-hydrogen) atoms. The number of hydrogen-bond donors (Lipinski definition) is 0. The molecular formula is C29H27IN2O7S. The van der Waals surface area contributed by atoms with Crippen molar-refractivity contribution < 1.29 is 28.5 Å². The van der Waals surface area contributed by atoms with Gasteiger partial charge < -0.3 is 18.9 Å². The third kappa shape index (κ3) is 6.04. The molecule has 1 aliphatic heterocycles. The van der Waals surface area contributed by atoms with Gasteiger partial charge >= 0.3 is 11.9 Å². The van der Waals surface area contributed by atoms with Crippen LogP contribution in [0.5, 0.6) is 17.2 Å². The smallest absolute Gasteiger partial charge is 0.338 e. The predicted octanol–water partition coefficient (Wildman–Crippen LogP) is 3.90. The van der Waals surface area contributed by atoms with E-state index in [2.05, 4.69) is 11.6 Å². The van der Waals surface area contributed by atoms with Gasteiger partial charge in [0.1, 0.15) is 12.4 Å². The number of allylic oxidation sites excluding steroid dienone is 1. The molecule has 0 fully saturated rings. The number of nitrogens with zero attached hydrogens (tertiary/aromatic N) is 2. The van der Waals surface area contributed by atoms with Crippen LogP contribution in [-0.4, -0.2) is 36.8 Å². The van der Waals surface area contributed by atoms with Crippen molar-refractivity contribution in [3.63, 3.8) is 0 Å². The van der Waals surface area contributed by atoms with E-state index in [1.165, 1.54) is 29.9 Å². The van der Waals surface area contributed by atoms with Crippen LogP contribution in [0.25, 0.3) is 6.08 Å². The Morgan fingerprint density at radius 1 is 1.23 bits per heavy atom. The van der Waals surface area contributed by atoms with E-state index >= 15 is 0 Å². The summed E-state index contributed by atoms with van der Waals surface area (Å²) in [5.74, 6) is 0.304. The van der Waals surface area contributed by atoms with Crippen molar-refractivity contribution in [2.75, 3.05) is 20.3 Å². The highest BCUT2D eigenvalue weighted by Gasteiger charge is 2.33. The van der Waals surface area contributed by atoms with E-state index in [1.807, 2.05) is 34.7 Å². The van der Waals surface area contributed by atoms with E-state index in [4.69, 9.17) is 18.9 Å². The van der Waals surface area contributed by atoms with Gasteiger partial charge in [0.15, 0.2) is 16.3 Å². The molecule has 0 aliphatic carbocycles. The lowest BCUT2D eigenvalue weighted by Gasteiger charge is -2.24. The van der Waals surface area contributed by atoms with Gasteiger partial charge in [-0.05, 0) is 77.9 Å². The summed E-state index contributed by atoms with van der Waals surface area (Å²) in [4.78, 5) is 43.5. The quantitative estimate of drug-likeness (QED) is 0.147. The van der Waals surface area contributed by atoms with Crippen molar-refractivity contribution in [3.05, 3.63) is 94.7 Å². The number of ether oxygens (including phenoxy) is 4. The molecule has 0 N–H and O–H groups in total. The van der Waals surface area contributed by atoms with Gasteiger partial charge in [-0.25, -0.2) is 9.79 Å². The van der Waals surface area contributed by atoms with Crippen LogP contribution in [0.2, 0.25) is 0 Å². The number of benzene rings is 2. The zero-order valence-corrected chi connectivity index (χ0v) is 25.3. The Hall–Kier alpha value is -3.71. The van der Waals surface area contributed by atoms with E-state index in [-0.39, 0.29) is 12.2 Å². The van der Waals surface area contributed by atoms with Crippen LogP contribution in [0.1, 0.15) is 37.9 Å². The molecule has 0 saturated heterocycles. The average molecular weight is 675 g/mol. The Morgan fingerprint density at radius 2 is 1.95 bits per heavy atom. The summed E-state index contributed by atoms with van der Waals surface area (Å²) >= 11 is 3.26. The lowest BCUT2D eigenvalue weighted by Crippen LogP contribution is -2.39. The highest BCUT2D eigenvalue weighted by atomic mass is 127. The van der Waals surface area contributed by atoms with Gasteiger partial charge in [-0.3, -0.25) is 14.2 Å². The number of fused-ring (bicyclic) bond motifs is 1. The van der Waals surface area contributed by atoms with Crippen molar-refractivity contribution in [2.24, 2.45) is 4.99 Å². The Morgan fingerprint density at radius 3 is 2.58 bits per heavy atom. The molecule has 9 nitrogen and oxygen atoms in total. The molecule has 3 aromatic rings. The number of aromatic nitrogens is 1. The number of carbonyl (C=O) groups excluding carboxylic acids is 2. The maximum atomic E-state index is 13.9. The summed E-state index contributed by atoms with van der Waals surface area (Å²) in [7, 11) is 1.48. The maximum Gasteiger partial charge on any atom is 0.338 e. The summed E-state index contributed by atoms with van der Waals surface area (Å²) in [6, 6.07) is 9.93. The van der Waals surface area contributed by atoms with Crippen LogP contribution in [0, 0.1) is 3.57 Å². The Balaban J connectivity index is 1.88. The largest absolute Gasteiger partial charge is 0.493 e. The molecule has 0 spiro atoms. The minimum atomic E-state index is -0.744. The first kappa shape index (κ1) is 29.3. The molecular weight excluding hydrogens is 647 g/mol. The van der Waals surface area contributed by atoms with Crippen molar-refractivity contribution in [1.29, 1.82) is 0 Å². The van der Waals surface area contributed by atoms with Crippen LogP contribution in [0.3, 0.4) is 0 Å². The van der Waals surface area contributed by atoms with E-state index in [0.717, 1.165) is 0 Å². The fourth-order valence-electron chi connectivity index (χ4n) is 4.23. The summed E-state index contributed by atoms with van der Waals surface area (Å²) < 4.78 is 24.2. The molecule has 1 atom stereocenters. The number of rotatable bonds is 9. The molecule has 208 valence electrons. The number of thiazole rings is 1. The number of esters is 2. The molecule has 0 radical (unpaired) electrons. The van der Waals surface area contributed by atoms with Crippen molar-refractivity contribution in [1.82, 2.24) is 4.57 Å². The van der Waals surface area contributed by atoms with E-state index in [0.29, 0.717) is 59.2 Å². The lowest BCUT2D eigenvalue weighted by atomic mass is 9.96. The fraction of sp³-hybridized carbons (Fsp3) is 0.241. The van der Waals surface area contributed by atoms with Gasteiger partial charge in [0, 0.05) is 6.92 Å². The Labute approximate surface area is 248 Å². The highest BCUT2D eigenvalue weighted by molar-refractivity contribution is 14.1. The van der Waals surface area contributed by atoms with Crippen molar-refractivity contribution in [3.8, 4) is 17.2 Å². The Kier molecular flexibility index (Phi) is 9.25. The standard InChI is InChI=1S/C29H27IN2O7S/c1-6-12-38-20-10-8-19(9-11-20)25-24(28(35)37-7-2)16(3)31-29-32(25)27(34)23(40-29)15-18-13-21(30)26(39-17(4)33)22(14-18)36-5/h6,8-11,13-15,25H,1,7,12H2,2-5H3/b23-15-/t25-/m1/s1. The molecule has 1 aliphatic rings. The van der Waals surface area contributed by atoms with Crippen LogP contribution >= 0.6 is 33.9 Å². The second-order valence-electron chi connectivity index (χ2n) is 8.60. The number of halogens is 1. The minimum Gasteiger partial charge on any atom is -0.493 e. The Bertz CT molecular complexity index is 1690. The zero-order valence-electron chi connectivity index (χ0n) is 22.4. The van der Waals surface area contributed by atoms with Crippen molar-refractivity contribution in [2.45, 2.75) is 26.8 Å². The summed E-state index contributed by atoms with van der Waals surface area (Å²) in [5.41, 5.74) is 1.84. The SMILES string of the molecule is C=CCOc1ccc([C@@H]2C(C(=O)OCC)=C(C)N=c3s/c(=C\c4cc(I)c(OC(C)=O)c(OC)c4)c(=O)n32)cc1. The average Bonchev–Trinajstić information content (AvgIpc) is 3.22. The van der Waals surface area contributed by atoms with Gasteiger partial charge in [-0.15, -0.1) is 0 Å². The van der Waals surface area contributed by atoms with Gasteiger partial charge in [0.25, 0.3) is 5.56 Å². The molecule has 0 saturated carbocycles. The molecule has 2 heterocycles. The van der Waals surface area contributed by atoms with E-state index < -0.39 is 18.0 Å². The van der Waals surface area contributed by atoms with Crippen LogP contribution in [0.4, 0.5) is 0 Å². The summed E-state index contributed by atoms with van der Waals surface area (Å²) in [5, 5.41) is 0. The van der Waals surface area contributed by atoms with Crippen molar-refractivity contribution >= 4 is 51.9 Å². The topological polar surface area (TPSA) is 105 Å². The van der Waals surface area contributed by atoms with Gasteiger partial charge in [-0.2, -0.15) is 0 Å². The molecule has 0 unspecified atom stereocenters. The zero-order chi connectivity index (χ0) is 29.0. The highest BCUT2D eigenvalue weighted by Crippen LogP contribution is 2.35. The van der Waals surface area contributed by atoms with Gasteiger partial charge in [-0.1, -0.05) is 36.1 Å². The third-order valence-electron chi connectivity index (χ3n) is 5.88. The lowest BCUT2D eigenvalue weighted by molar-refractivity contribution is -0.139. The first-order valence-electron chi connectivity index (χ1n) is 12.3. The van der Waals surface area contributed by atoms with E-state index in [9.17, 15) is 14.4 Å². The molecule has 11 heteroatoms. The van der Waals surface area contributed by atoms with Gasteiger partial charge in [0.2, 0.25) is 0 Å². The molecule has 0 amide bonds. The predicted molar refractivity (Wildman–Crippen MR) is 160 cm³/mol. The fourth-order valence-corrected chi connectivity index (χ4v) is 6.01. The first-order chi connectivity index (χ1) is 19.2. The summed E-state index contributed by atoms with van der Waals surface area (Å²) in [6.07, 6.45) is 3.37. The number of carbonyl (C=O) groups is 2. The van der Waals surface area contributed by atoms with Gasteiger partial charge in [0.05, 0.1) is 39.1 Å². The second-order valence-corrected chi connectivity index (χ2v) is 10.8. The summed E-state index contributed by atoms with van der Waals surface area (Å²) in [6.45, 7) is 8.98. The number of hydrogen-bond acceptors (Lipinski definition) is 9. The molecule has 0 bridgehead atoms. The van der Waals surface area contributed by atoms with Crippen LogP contribution in [-0.2, 0) is 14.3 Å². The maximum absolute atomic E-state index is 13.9. The van der Waals surface area contributed by atoms with E-state index in [1.54, 1.807) is 50.3 Å². The minimum absolute atomic E-state index is 0.185. The molecule has 1 aromatic heterocycles. The molecule has 2 aromatic carbocycles.